The molecule has 0 N–H and O–H groups in total. The third-order valence-corrected chi connectivity index (χ3v) is 1.01. The highest BCUT2D eigenvalue weighted by atomic mass is 35.5. The minimum Gasteiger partial charge on any atom is 0.000683 e. The fourth-order valence-corrected chi connectivity index (χ4v) is 0.287. The zero-order valence-corrected chi connectivity index (χ0v) is 4.83. The van der Waals surface area contributed by atoms with Crippen LogP contribution in [0.4, 0.5) is 0 Å². The molecule has 0 rings (SSSR count). The van der Waals surface area contributed by atoms with Crippen LogP contribution in [0, 0.1) is 0 Å². The van der Waals surface area contributed by atoms with Crippen molar-refractivity contribution < 1.29 is 12.7 Å². The van der Waals surface area contributed by atoms with Crippen LogP contribution in [0.25, 0.3) is 0 Å². The topological polar surface area (TPSA) is 35.5 Å². The fraction of sp³-hybridized carbons (Fsp3) is 0. The highest BCUT2D eigenvalue weighted by Crippen LogP contribution is 2.26. The van der Waals surface area contributed by atoms with Crippen LogP contribution < -0.4 is 0 Å². The second kappa shape index (κ2) is 3.78. The average Bonchev–Trinajstić information content (AvgIpc) is 1.65. The van der Waals surface area contributed by atoms with Crippen molar-refractivity contribution in [2.75, 3.05) is 0 Å². The van der Waals surface area contributed by atoms with Gasteiger partial charge in [-0.3, -0.25) is 0 Å². The zero-order chi connectivity index (χ0) is 4.99. The lowest BCUT2D eigenvalue weighted by Crippen LogP contribution is -1.51. The Morgan fingerprint density at radius 2 is 1.67 bits per heavy atom. The average molecular weight is 150 g/mol. The second-order valence-electron chi connectivity index (χ2n) is 0.362. The van der Waals surface area contributed by atoms with Crippen molar-refractivity contribution in [3.05, 3.63) is 0 Å². The van der Waals surface area contributed by atoms with E-state index in [0.717, 1.165) is 0 Å². The lowest BCUT2D eigenvalue weighted by atomic mass is 15.8. The maximum atomic E-state index is 9.62. The number of rotatable bonds is 2. The second-order valence-corrected chi connectivity index (χ2v) is 1.91. The molecule has 0 radical (unpaired) electrons. The fourth-order valence-electron chi connectivity index (χ4n) is 0.0106. The first-order valence-corrected chi connectivity index (χ1v) is 2.57. The van der Waals surface area contributed by atoms with Gasteiger partial charge in [0, 0.05) is 12.7 Å². The summed E-state index contributed by atoms with van der Waals surface area (Å²) in [6, 6.07) is 0. The summed E-state index contributed by atoms with van der Waals surface area (Å²) in [5, 5.41) is 0. The van der Waals surface area contributed by atoms with E-state index in [-0.39, 0.29) is 0 Å². The predicted molar refractivity (Wildman–Crippen MR) is 21.5 cm³/mol. The molecule has 0 aromatic rings. The molecule has 0 aliphatic carbocycles. The van der Waals surface area contributed by atoms with Gasteiger partial charge in [0.25, 0.3) is 0 Å². The molecule has 0 heterocycles. The molecule has 0 aromatic heterocycles. The monoisotopic (exact) mass is 149 g/mol. The summed E-state index contributed by atoms with van der Waals surface area (Å²) in [6.45, 7) is 0. The summed E-state index contributed by atoms with van der Waals surface area (Å²) in [5.74, 6) is 0. The SMILES string of the molecule is O=[P+](OCl)OCl. The Morgan fingerprint density at radius 1 is 1.33 bits per heavy atom. The van der Waals surface area contributed by atoms with Crippen molar-refractivity contribution >= 4 is 32.0 Å². The Bertz CT molecular complexity index is 46.8. The molecule has 0 aliphatic heterocycles. The van der Waals surface area contributed by atoms with Gasteiger partial charge in [-0.25, -0.2) is 0 Å². The molecule has 3 nitrogen and oxygen atoms in total. The van der Waals surface area contributed by atoms with Crippen molar-refractivity contribution in [3.63, 3.8) is 0 Å². The van der Waals surface area contributed by atoms with Crippen molar-refractivity contribution in [2.24, 2.45) is 0 Å². The van der Waals surface area contributed by atoms with Gasteiger partial charge in [0.2, 0.25) is 0 Å². The lowest BCUT2D eigenvalue weighted by molar-refractivity contribution is 0.447. The molecule has 0 spiro atoms. The maximum Gasteiger partial charge on any atom is 0.734 e. The van der Waals surface area contributed by atoms with E-state index in [1.165, 1.54) is 0 Å². The van der Waals surface area contributed by atoms with E-state index in [1.807, 2.05) is 0 Å². The van der Waals surface area contributed by atoms with Crippen molar-refractivity contribution in [1.82, 2.24) is 0 Å². The zero-order valence-electron chi connectivity index (χ0n) is 2.43. The third kappa shape index (κ3) is 2.82. The first kappa shape index (κ1) is 6.60. The van der Waals surface area contributed by atoms with Crippen LogP contribution in [-0.4, -0.2) is 0 Å². The molecule has 6 heteroatoms. The van der Waals surface area contributed by atoms with Gasteiger partial charge in [-0.15, -0.1) is 0 Å². The van der Waals surface area contributed by atoms with Gasteiger partial charge < -0.3 is 0 Å². The quantitative estimate of drug-likeness (QED) is 0.564. The van der Waals surface area contributed by atoms with Gasteiger partial charge in [-0.2, -0.15) is 0 Å². The summed E-state index contributed by atoms with van der Waals surface area (Å²) in [6.07, 6.45) is 0. The molecule has 0 saturated heterocycles. The van der Waals surface area contributed by atoms with Gasteiger partial charge in [0.05, 0.1) is 0 Å². The molecule has 0 saturated carbocycles. The van der Waals surface area contributed by atoms with E-state index < -0.39 is 8.25 Å². The van der Waals surface area contributed by atoms with Gasteiger partial charge in [0.1, 0.15) is 23.7 Å². The molecule has 0 unspecified atom stereocenters. The molecular weight excluding hydrogens is 150 g/mol. The van der Waals surface area contributed by atoms with Crippen molar-refractivity contribution in [3.8, 4) is 0 Å². The molecule has 0 amide bonds. The molecule has 0 bridgehead atoms. The van der Waals surface area contributed by atoms with Crippen molar-refractivity contribution in [1.29, 1.82) is 0 Å². The highest BCUT2D eigenvalue weighted by molar-refractivity contribution is 7.35. The highest BCUT2D eigenvalue weighted by Gasteiger charge is 2.17. The molecule has 0 aromatic carbocycles. The molecule has 36 valence electrons. The summed E-state index contributed by atoms with van der Waals surface area (Å²) >= 11 is 8.92. The Balaban J connectivity index is 2.99. The van der Waals surface area contributed by atoms with E-state index in [1.54, 1.807) is 0 Å². The maximum absolute atomic E-state index is 9.62. The van der Waals surface area contributed by atoms with E-state index >= 15 is 0 Å². The van der Waals surface area contributed by atoms with E-state index in [0.29, 0.717) is 0 Å². The van der Waals surface area contributed by atoms with E-state index in [9.17, 15) is 4.57 Å². The van der Waals surface area contributed by atoms with Crippen LogP contribution in [-0.2, 0) is 12.7 Å². The van der Waals surface area contributed by atoms with Crippen LogP contribution in [0.1, 0.15) is 0 Å². The first-order chi connectivity index (χ1) is 2.81. The summed E-state index contributed by atoms with van der Waals surface area (Å²) in [5.41, 5.74) is 0. The van der Waals surface area contributed by atoms with Gasteiger partial charge in [0.15, 0.2) is 0 Å². The van der Waals surface area contributed by atoms with E-state index in [4.69, 9.17) is 0 Å². The summed E-state index contributed by atoms with van der Waals surface area (Å²) in [4.78, 5) is 0. The Morgan fingerprint density at radius 3 is 1.67 bits per heavy atom. The Kier molecular flexibility index (Phi) is 4.16. The number of hydrogen-bond donors (Lipinski definition) is 0. The van der Waals surface area contributed by atoms with Crippen LogP contribution in [0.15, 0.2) is 0 Å². The number of halogens is 2. The largest absolute Gasteiger partial charge is 0.734 e. The Labute approximate surface area is 45.4 Å². The third-order valence-electron chi connectivity index (χ3n) is 0.113. The van der Waals surface area contributed by atoms with Crippen LogP contribution in [0.3, 0.4) is 0 Å². The van der Waals surface area contributed by atoms with Gasteiger partial charge in [-0.1, -0.05) is 0 Å². The summed E-state index contributed by atoms with van der Waals surface area (Å²) in [7, 11) is -2.30. The van der Waals surface area contributed by atoms with Crippen LogP contribution in [0.2, 0.25) is 0 Å². The van der Waals surface area contributed by atoms with Gasteiger partial charge >= 0.3 is 8.25 Å². The van der Waals surface area contributed by atoms with Crippen LogP contribution >= 0.6 is 32.0 Å². The minimum absolute atomic E-state index is 2.30. The standard InChI is InChI=1S/Cl2O3P/c1-4-6(3)5-2/q+1. The molecule has 0 atom stereocenters. The smallest absolute Gasteiger partial charge is 0.000683 e. The molecule has 0 fully saturated rings. The van der Waals surface area contributed by atoms with E-state index in [2.05, 4.69) is 31.9 Å². The van der Waals surface area contributed by atoms with Crippen LogP contribution in [0.5, 0.6) is 0 Å². The summed E-state index contributed by atoms with van der Waals surface area (Å²) < 4.78 is 16.7. The van der Waals surface area contributed by atoms with Gasteiger partial charge in [-0.05, 0) is 0 Å². The lowest BCUT2D eigenvalue weighted by Gasteiger charge is -1.58. The molecule has 6 heavy (non-hydrogen) atoms. The normalized spacial score (nSPS) is 8.33. The first-order valence-electron chi connectivity index (χ1n) is 0.856. The number of hydrogen-bond acceptors (Lipinski definition) is 3. The van der Waals surface area contributed by atoms with Crippen molar-refractivity contribution in [2.45, 2.75) is 0 Å². The molecule has 0 aliphatic rings. The minimum atomic E-state index is -2.30. The Hall–Kier alpha value is 0.600. The predicted octanol–water partition coefficient (Wildman–Crippen LogP) is 1.98. The molecular formula is Cl2O3P+.